The Labute approximate surface area is 134 Å². The van der Waals surface area contributed by atoms with Crippen molar-refractivity contribution in [3.63, 3.8) is 0 Å². The van der Waals surface area contributed by atoms with Crippen LogP contribution in [-0.2, 0) is 0 Å². The second-order valence-corrected chi connectivity index (χ2v) is 6.69. The van der Waals surface area contributed by atoms with Gasteiger partial charge in [-0.2, -0.15) is 0 Å². The van der Waals surface area contributed by atoms with Crippen LogP contribution in [0, 0.1) is 5.92 Å². The lowest BCUT2D eigenvalue weighted by atomic mass is 9.93. The molecule has 3 heteroatoms. The normalized spacial score (nSPS) is 22.0. The predicted octanol–water partition coefficient (Wildman–Crippen LogP) is 3.15. The van der Waals surface area contributed by atoms with Crippen LogP contribution in [-0.4, -0.2) is 40.4 Å². The molecule has 2 N–H and O–H groups in total. The zero-order valence-electron chi connectivity index (χ0n) is 13.7. The van der Waals surface area contributed by atoms with Crippen LogP contribution in [0.25, 0.3) is 0 Å². The highest BCUT2D eigenvalue weighted by Crippen LogP contribution is 2.29. The van der Waals surface area contributed by atoms with Crippen molar-refractivity contribution in [3.05, 3.63) is 48.0 Å². The third-order valence-corrected chi connectivity index (χ3v) is 4.41. The maximum Gasteiger partial charge on any atom is 0.0628 e. The van der Waals surface area contributed by atoms with Gasteiger partial charge in [0.15, 0.2) is 0 Å². The molecule has 0 aliphatic carbocycles. The molecular weight excluding hydrogens is 274 g/mol. The van der Waals surface area contributed by atoms with Crippen LogP contribution in [0.5, 0.6) is 0 Å². The van der Waals surface area contributed by atoms with Crippen molar-refractivity contribution < 1.29 is 10.2 Å². The van der Waals surface area contributed by atoms with Gasteiger partial charge in [-0.3, -0.25) is 4.90 Å². The summed E-state index contributed by atoms with van der Waals surface area (Å²) in [5.74, 6) is 0.505. The summed E-state index contributed by atoms with van der Waals surface area (Å²) < 4.78 is 0. The van der Waals surface area contributed by atoms with Gasteiger partial charge >= 0.3 is 0 Å². The zero-order chi connectivity index (χ0) is 15.9. The van der Waals surface area contributed by atoms with Gasteiger partial charge in [0.2, 0.25) is 0 Å². The van der Waals surface area contributed by atoms with Crippen LogP contribution in [0.15, 0.2) is 42.5 Å². The number of hydrogen-bond acceptors (Lipinski definition) is 3. The van der Waals surface area contributed by atoms with Gasteiger partial charge in [-0.1, -0.05) is 56.3 Å². The van der Waals surface area contributed by atoms with Gasteiger partial charge in [0, 0.05) is 12.6 Å². The molecule has 2 rings (SSSR count). The summed E-state index contributed by atoms with van der Waals surface area (Å²) in [7, 11) is 0. The van der Waals surface area contributed by atoms with Crippen LogP contribution in [0.3, 0.4) is 0 Å². The van der Waals surface area contributed by atoms with Crippen molar-refractivity contribution in [2.24, 2.45) is 5.92 Å². The molecule has 0 bridgehead atoms. The summed E-state index contributed by atoms with van der Waals surface area (Å²) in [5.41, 5.74) is 1.14. The Morgan fingerprint density at radius 1 is 1.18 bits per heavy atom. The monoisotopic (exact) mass is 303 g/mol. The Morgan fingerprint density at radius 2 is 1.91 bits per heavy atom. The first-order valence-corrected chi connectivity index (χ1v) is 8.36. The maximum absolute atomic E-state index is 10.3. The molecule has 0 fully saturated rings. The van der Waals surface area contributed by atoms with E-state index in [1.54, 1.807) is 0 Å². The minimum Gasteiger partial charge on any atom is -0.394 e. The molecular formula is C19H29NO2. The number of aliphatic hydroxyl groups is 2. The Hall–Kier alpha value is -1.16. The average molecular weight is 303 g/mol. The molecule has 2 unspecified atom stereocenters. The van der Waals surface area contributed by atoms with Crippen LogP contribution >= 0.6 is 0 Å². The largest absolute Gasteiger partial charge is 0.394 e. The second kappa shape index (κ2) is 8.47. The first kappa shape index (κ1) is 17.2. The highest BCUT2D eigenvalue weighted by atomic mass is 16.3. The molecule has 0 amide bonds. The standard InChI is InChI=1S/C19H29NO2/c1-15(2)12-18(22)13-17-10-6-7-11-20(17)19(14-21)16-8-4-3-5-9-16/h3-9,15,17-19,21-22H,10-14H2,1-2H3/t17?,18?,19-/m1/s1. The summed E-state index contributed by atoms with van der Waals surface area (Å²) in [5, 5.41) is 20.2. The summed E-state index contributed by atoms with van der Waals surface area (Å²) in [6.07, 6.45) is 6.64. The van der Waals surface area contributed by atoms with E-state index in [0.29, 0.717) is 5.92 Å². The number of benzene rings is 1. The fourth-order valence-electron chi connectivity index (χ4n) is 3.38. The van der Waals surface area contributed by atoms with Crippen molar-refractivity contribution in [2.45, 2.75) is 51.3 Å². The Bertz CT molecular complexity index is 458. The highest BCUT2D eigenvalue weighted by Gasteiger charge is 2.29. The summed E-state index contributed by atoms with van der Waals surface area (Å²) in [4.78, 5) is 2.33. The van der Waals surface area contributed by atoms with Crippen molar-refractivity contribution in [1.29, 1.82) is 0 Å². The number of nitrogens with zero attached hydrogens (tertiary/aromatic N) is 1. The number of aliphatic hydroxyl groups excluding tert-OH is 2. The van der Waals surface area contributed by atoms with Gasteiger partial charge in [0.1, 0.15) is 0 Å². The second-order valence-electron chi connectivity index (χ2n) is 6.69. The minimum absolute atomic E-state index is 0.00222. The van der Waals surface area contributed by atoms with Gasteiger partial charge in [-0.25, -0.2) is 0 Å². The third-order valence-electron chi connectivity index (χ3n) is 4.41. The Morgan fingerprint density at radius 3 is 2.55 bits per heavy atom. The molecule has 0 saturated heterocycles. The van der Waals surface area contributed by atoms with E-state index in [2.05, 4.69) is 43.0 Å². The zero-order valence-corrected chi connectivity index (χ0v) is 13.7. The molecule has 1 aromatic carbocycles. The van der Waals surface area contributed by atoms with Gasteiger partial charge in [-0.05, 0) is 30.7 Å². The summed E-state index contributed by atoms with van der Waals surface area (Å²) in [6.45, 7) is 5.22. The lowest BCUT2D eigenvalue weighted by molar-refractivity contribution is 0.0472. The number of rotatable bonds is 7. The topological polar surface area (TPSA) is 43.7 Å². The Kier molecular flexibility index (Phi) is 6.62. The van der Waals surface area contributed by atoms with Gasteiger partial charge in [-0.15, -0.1) is 0 Å². The van der Waals surface area contributed by atoms with E-state index in [1.165, 1.54) is 0 Å². The maximum atomic E-state index is 10.3. The predicted molar refractivity (Wildman–Crippen MR) is 90.6 cm³/mol. The molecule has 1 aromatic rings. The van der Waals surface area contributed by atoms with Crippen LogP contribution in [0.4, 0.5) is 0 Å². The van der Waals surface area contributed by atoms with E-state index in [4.69, 9.17) is 0 Å². The molecule has 122 valence electrons. The van der Waals surface area contributed by atoms with E-state index >= 15 is 0 Å². The lowest BCUT2D eigenvalue weighted by Crippen LogP contribution is -2.43. The average Bonchev–Trinajstić information content (AvgIpc) is 2.50. The van der Waals surface area contributed by atoms with Gasteiger partial charge < -0.3 is 10.2 Å². The summed E-state index contributed by atoms with van der Waals surface area (Å²) >= 11 is 0. The van der Waals surface area contributed by atoms with E-state index in [1.807, 2.05) is 18.2 Å². The smallest absolute Gasteiger partial charge is 0.0628 e. The number of hydrogen-bond donors (Lipinski definition) is 2. The molecule has 0 spiro atoms. The molecule has 0 radical (unpaired) electrons. The Balaban J connectivity index is 2.10. The van der Waals surface area contributed by atoms with Crippen LogP contribution in [0.1, 0.15) is 44.7 Å². The molecule has 0 aromatic heterocycles. The molecule has 0 saturated carbocycles. The molecule has 3 nitrogen and oxygen atoms in total. The van der Waals surface area contributed by atoms with Crippen molar-refractivity contribution in [1.82, 2.24) is 4.90 Å². The molecule has 3 atom stereocenters. The van der Waals surface area contributed by atoms with Gasteiger partial charge in [0.05, 0.1) is 18.8 Å². The fourth-order valence-corrected chi connectivity index (χ4v) is 3.38. The molecule has 22 heavy (non-hydrogen) atoms. The first-order valence-electron chi connectivity index (χ1n) is 8.36. The van der Waals surface area contributed by atoms with Crippen molar-refractivity contribution >= 4 is 0 Å². The molecule has 1 aliphatic rings. The van der Waals surface area contributed by atoms with E-state index in [9.17, 15) is 10.2 Å². The van der Waals surface area contributed by atoms with Crippen LogP contribution < -0.4 is 0 Å². The SMILES string of the molecule is CC(C)CC(O)CC1CC=CCN1[C@H](CO)c1ccccc1. The quantitative estimate of drug-likeness (QED) is 0.761. The molecule has 1 aliphatic heterocycles. The van der Waals surface area contributed by atoms with Crippen molar-refractivity contribution in [3.8, 4) is 0 Å². The van der Waals surface area contributed by atoms with E-state index in [0.717, 1.165) is 31.4 Å². The van der Waals surface area contributed by atoms with Crippen molar-refractivity contribution in [2.75, 3.05) is 13.2 Å². The molecule has 1 heterocycles. The van der Waals surface area contributed by atoms with Gasteiger partial charge in [0.25, 0.3) is 0 Å². The van der Waals surface area contributed by atoms with E-state index < -0.39 is 0 Å². The first-order chi connectivity index (χ1) is 10.6. The third kappa shape index (κ3) is 4.67. The summed E-state index contributed by atoms with van der Waals surface area (Å²) in [6, 6.07) is 10.5. The fraction of sp³-hybridized carbons (Fsp3) is 0.579. The van der Waals surface area contributed by atoms with E-state index in [-0.39, 0.29) is 24.8 Å². The highest BCUT2D eigenvalue weighted by molar-refractivity contribution is 5.20. The minimum atomic E-state index is -0.269. The van der Waals surface area contributed by atoms with Crippen LogP contribution in [0.2, 0.25) is 0 Å². The lowest BCUT2D eigenvalue weighted by Gasteiger charge is -2.39.